The lowest BCUT2D eigenvalue weighted by Gasteiger charge is -2.32. The van der Waals surface area contributed by atoms with Gasteiger partial charge in [0.25, 0.3) is 0 Å². The molecule has 2 aliphatic rings. The lowest BCUT2D eigenvalue weighted by atomic mass is 10.1. The molecular weight excluding hydrogens is 162 g/mol. The van der Waals surface area contributed by atoms with E-state index in [-0.39, 0.29) is 0 Å². The summed E-state index contributed by atoms with van der Waals surface area (Å²) in [7, 11) is 0. The highest BCUT2D eigenvalue weighted by Gasteiger charge is 2.14. The van der Waals surface area contributed by atoms with Gasteiger partial charge in [0, 0.05) is 18.8 Å². The van der Waals surface area contributed by atoms with Crippen LogP contribution in [0, 0.1) is 0 Å². The van der Waals surface area contributed by atoms with E-state index in [4.69, 9.17) is 0 Å². The summed E-state index contributed by atoms with van der Waals surface area (Å²) < 4.78 is 0. The fraction of sp³-hybridized carbons (Fsp3) is 0.636. The van der Waals surface area contributed by atoms with Crippen molar-refractivity contribution in [3.05, 3.63) is 23.6 Å². The summed E-state index contributed by atoms with van der Waals surface area (Å²) in [6.45, 7) is 2.36. The Kier molecular flexibility index (Phi) is 2.57. The van der Waals surface area contributed by atoms with E-state index < -0.39 is 0 Å². The molecular formula is C11H17NO. The van der Waals surface area contributed by atoms with E-state index in [1.54, 1.807) is 0 Å². The van der Waals surface area contributed by atoms with Crippen LogP contribution in [0.25, 0.3) is 0 Å². The second-order valence-electron chi connectivity index (χ2n) is 3.85. The second-order valence-corrected chi connectivity index (χ2v) is 3.85. The van der Waals surface area contributed by atoms with Crippen LogP contribution >= 0.6 is 0 Å². The van der Waals surface area contributed by atoms with E-state index in [0.29, 0.717) is 5.76 Å². The normalized spacial score (nSPS) is 23.8. The molecule has 0 bridgehead atoms. The Morgan fingerprint density at radius 2 is 1.92 bits per heavy atom. The minimum Gasteiger partial charge on any atom is -0.508 e. The van der Waals surface area contributed by atoms with Crippen LogP contribution in [-0.4, -0.2) is 23.1 Å². The number of nitrogens with zero attached hydrogens (tertiary/aromatic N) is 1. The summed E-state index contributed by atoms with van der Waals surface area (Å²) in [5, 5.41) is 9.37. The number of hydrogen-bond donors (Lipinski definition) is 1. The highest BCUT2D eigenvalue weighted by Crippen LogP contribution is 2.22. The molecule has 0 saturated carbocycles. The smallest absolute Gasteiger partial charge is 0.113 e. The van der Waals surface area contributed by atoms with Crippen LogP contribution in [0.5, 0.6) is 0 Å². The van der Waals surface area contributed by atoms with Crippen molar-refractivity contribution in [1.82, 2.24) is 4.90 Å². The van der Waals surface area contributed by atoms with Gasteiger partial charge in [-0.15, -0.1) is 0 Å². The minimum atomic E-state index is 0.451. The number of hydrogen-bond acceptors (Lipinski definition) is 2. The van der Waals surface area contributed by atoms with Gasteiger partial charge in [-0.3, -0.25) is 0 Å². The highest BCUT2D eigenvalue weighted by atomic mass is 16.3. The molecule has 0 amide bonds. The van der Waals surface area contributed by atoms with Crippen molar-refractivity contribution in [1.29, 1.82) is 0 Å². The van der Waals surface area contributed by atoms with Gasteiger partial charge in [-0.25, -0.2) is 0 Å². The third kappa shape index (κ3) is 2.06. The Hall–Kier alpha value is -0.920. The number of rotatable bonds is 1. The van der Waals surface area contributed by atoms with Crippen LogP contribution in [0.3, 0.4) is 0 Å². The number of aliphatic hydroxyl groups excluding tert-OH is 1. The first-order valence-electron chi connectivity index (χ1n) is 5.21. The van der Waals surface area contributed by atoms with Crippen molar-refractivity contribution in [2.45, 2.75) is 32.1 Å². The van der Waals surface area contributed by atoms with Crippen molar-refractivity contribution >= 4 is 0 Å². The molecule has 0 unspecified atom stereocenters. The summed E-state index contributed by atoms with van der Waals surface area (Å²) in [6, 6.07) is 0. The molecule has 1 saturated heterocycles. The monoisotopic (exact) mass is 179 g/mol. The first-order chi connectivity index (χ1) is 6.36. The molecule has 0 radical (unpaired) electrons. The zero-order valence-electron chi connectivity index (χ0n) is 8.00. The third-order valence-corrected chi connectivity index (χ3v) is 2.83. The van der Waals surface area contributed by atoms with E-state index in [2.05, 4.69) is 4.90 Å². The van der Waals surface area contributed by atoms with Gasteiger partial charge in [0.1, 0.15) is 5.76 Å². The van der Waals surface area contributed by atoms with E-state index >= 15 is 0 Å². The summed E-state index contributed by atoms with van der Waals surface area (Å²) in [5.41, 5.74) is 1.33. The average molecular weight is 179 g/mol. The molecule has 0 aromatic rings. The first-order valence-corrected chi connectivity index (χ1v) is 5.21. The van der Waals surface area contributed by atoms with E-state index in [0.717, 1.165) is 12.8 Å². The molecule has 1 aliphatic heterocycles. The Morgan fingerprint density at radius 3 is 2.62 bits per heavy atom. The molecule has 1 fully saturated rings. The number of piperidine rings is 1. The van der Waals surface area contributed by atoms with Gasteiger partial charge in [-0.05, 0) is 44.3 Å². The van der Waals surface area contributed by atoms with Gasteiger partial charge in [0.2, 0.25) is 0 Å². The summed E-state index contributed by atoms with van der Waals surface area (Å²) >= 11 is 0. The highest BCUT2D eigenvalue weighted by molar-refractivity contribution is 5.21. The van der Waals surface area contributed by atoms with Crippen LogP contribution in [0.2, 0.25) is 0 Å². The van der Waals surface area contributed by atoms with Crippen molar-refractivity contribution in [2.75, 3.05) is 13.1 Å². The zero-order chi connectivity index (χ0) is 9.10. The molecule has 0 spiro atoms. The van der Waals surface area contributed by atoms with Crippen molar-refractivity contribution in [2.24, 2.45) is 0 Å². The Labute approximate surface area is 79.6 Å². The average Bonchev–Trinajstić information content (AvgIpc) is 2.19. The van der Waals surface area contributed by atoms with Crippen LogP contribution in [0.1, 0.15) is 32.1 Å². The minimum absolute atomic E-state index is 0.451. The molecule has 1 N–H and O–H groups in total. The maximum atomic E-state index is 9.37. The molecule has 1 aliphatic carbocycles. The van der Waals surface area contributed by atoms with Crippen molar-refractivity contribution in [3.8, 4) is 0 Å². The Balaban J connectivity index is 2.02. The van der Waals surface area contributed by atoms with Crippen LogP contribution < -0.4 is 0 Å². The van der Waals surface area contributed by atoms with Gasteiger partial charge in [0.05, 0.1) is 0 Å². The molecule has 0 aromatic heterocycles. The standard InChI is InChI=1S/C11H17NO/c13-11-6-4-5-10(9-11)12-7-2-1-3-8-12/h6,9,13H,1-5,7-8H2. The SMILES string of the molecule is OC1=CCCC(N2CCCCC2)=C1. The van der Waals surface area contributed by atoms with Gasteiger partial charge in [-0.2, -0.15) is 0 Å². The first kappa shape index (κ1) is 8.67. The maximum absolute atomic E-state index is 9.37. The predicted octanol–water partition coefficient (Wildman–Crippen LogP) is 2.59. The van der Waals surface area contributed by atoms with Crippen molar-refractivity contribution in [3.63, 3.8) is 0 Å². The summed E-state index contributed by atoms with van der Waals surface area (Å²) in [4.78, 5) is 2.42. The van der Waals surface area contributed by atoms with Crippen LogP contribution in [0.15, 0.2) is 23.6 Å². The molecule has 0 aromatic carbocycles. The second kappa shape index (κ2) is 3.86. The van der Waals surface area contributed by atoms with Gasteiger partial charge < -0.3 is 10.0 Å². The Bertz CT molecular complexity index is 236. The number of likely N-dealkylation sites (tertiary alicyclic amines) is 1. The lowest BCUT2D eigenvalue weighted by molar-refractivity contribution is 0.272. The van der Waals surface area contributed by atoms with Gasteiger partial charge in [-0.1, -0.05) is 0 Å². The van der Waals surface area contributed by atoms with E-state index in [1.165, 1.54) is 38.0 Å². The van der Waals surface area contributed by atoms with Crippen molar-refractivity contribution < 1.29 is 5.11 Å². The lowest BCUT2D eigenvalue weighted by Crippen LogP contribution is -2.29. The third-order valence-electron chi connectivity index (χ3n) is 2.83. The van der Waals surface area contributed by atoms with E-state index in [1.807, 2.05) is 12.2 Å². The van der Waals surface area contributed by atoms with Gasteiger partial charge in [0.15, 0.2) is 0 Å². The summed E-state index contributed by atoms with van der Waals surface area (Å²) in [6.07, 6.45) is 9.90. The summed E-state index contributed by atoms with van der Waals surface area (Å²) in [5.74, 6) is 0.451. The molecule has 2 rings (SSSR count). The molecule has 2 heteroatoms. The number of aliphatic hydroxyl groups is 1. The maximum Gasteiger partial charge on any atom is 0.113 e. The predicted molar refractivity (Wildman–Crippen MR) is 53.5 cm³/mol. The van der Waals surface area contributed by atoms with E-state index in [9.17, 15) is 5.11 Å². The van der Waals surface area contributed by atoms with Crippen LogP contribution in [-0.2, 0) is 0 Å². The Morgan fingerprint density at radius 1 is 1.15 bits per heavy atom. The largest absolute Gasteiger partial charge is 0.508 e. The molecule has 0 atom stereocenters. The number of allylic oxidation sites excluding steroid dienone is 3. The molecule has 2 nitrogen and oxygen atoms in total. The van der Waals surface area contributed by atoms with Gasteiger partial charge >= 0.3 is 0 Å². The molecule has 1 heterocycles. The quantitative estimate of drug-likeness (QED) is 0.668. The fourth-order valence-electron chi connectivity index (χ4n) is 2.10. The molecule has 72 valence electrons. The fourth-order valence-corrected chi connectivity index (χ4v) is 2.10. The molecule has 13 heavy (non-hydrogen) atoms. The topological polar surface area (TPSA) is 23.5 Å². The zero-order valence-corrected chi connectivity index (χ0v) is 8.00. The van der Waals surface area contributed by atoms with Crippen LogP contribution in [0.4, 0.5) is 0 Å².